The molecule has 1 aliphatic heterocycles. The topological polar surface area (TPSA) is 54.3 Å². The van der Waals surface area contributed by atoms with E-state index in [1.165, 1.54) is 12.8 Å². The number of hydrogen-bond acceptors (Lipinski definition) is 2. The smallest absolute Gasteiger partial charge is 0.267 e. The maximum atomic E-state index is 13.0. The molecule has 1 aromatic heterocycles. The van der Waals surface area contributed by atoms with Crippen molar-refractivity contribution >= 4 is 11.8 Å². The van der Waals surface area contributed by atoms with E-state index in [-0.39, 0.29) is 24.7 Å². The van der Waals surface area contributed by atoms with E-state index < -0.39 is 11.8 Å². The molecular weight excluding hydrogens is 328 g/mol. The van der Waals surface area contributed by atoms with Gasteiger partial charge in [0.2, 0.25) is 11.8 Å². The molecule has 0 unspecified atom stereocenters. The average Bonchev–Trinajstić information content (AvgIpc) is 3.33. The second kappa shape index (κ2) is 6.11. The minimum atomic E-state index is -2.68. The van der Waals surface area contributed by atoms with Gasteiger partial charge in [0.1, 0.15) is 5.69 Å². The summed E-state index contributed by atoms with van der Waals surface area (Å²) in [5.41, 5.74) is 1.64. The summed E-state index contributed by atoms with van der Waals surface area (Å²) in [7, 11) is 0. The van der Waals surface area contributed by atoms with Gasteiger partial charge in [0.15, 0.2) is 0 Å². The van der Waals surface area contributed by atoms with Crippen molar-refractivity contribution in [3.05, 3.63) is 23.5 Å². The van der Waals surface area contributed by atoms with Gasteiger partial charge in [-0.3, -0.25) is 9.59 Å². The molecule has 25 heavy (non-hydrogen) atoms. The molecule has 1 N–H and O–H groups in total. The zero-order valence-corrected chi connectivity index (χ0v) is 14.1. The monoisotopic (exact) mass is 351 g/mol. The molecule has 7 heteroatoms. The van der Waals surface area contributed by atoms with Gasteiger partial charge in [0, 0.05) is 57.1 Å². The number of nitrogens with zero attached hydrogens (tertiary/aromatic N) is 2. The number of hydrogen-bond donors (Lipinski definition) is 1. The molecule has 2 fully saturated rings. The minimum Gasteiger partial charge on any atom is -0.350 e. The summed E-state index contributed by atoms with van der Waals surface area (Å²) in [5, 5.41) is 2.97. The number of aromatic nitrogens is 1. The Morgan fingerprint density at radius 2 is 1.92 bits per heavy atom. The van der Waals surface area contributed by atoms with Crippen LogP contribution in [0.3, 0.4) is 0 Å². The Labute approximate surface area is 145 Å². The van der Waals surface area contributed by atoms with Crippen LogP contribution in [0.2, 0.25) is 0 Å². The predicted molar refractivity (Wildman–Crippen MR) is 87.4 cm³/mol. The fourth-order valence-corrected chi connectivity index (χ4v) is 3.74. The molecule has 5 nitrogen and oxygen atoms in total. The van der Waals surface area contributed by atoms with Crippen molar-refractivity contribution in [1.29, 1.82) is 0 Å². The summed E-state index contributed by atoms with van der Waals surface area (Å²) < 4.78 is 28.0. The number of nitrogens with one attached hydrogen (secondary N) is 1. The first-order valence-corrected chi connectivity index (χ1v) is 9.06. The van der Waals surface area contributed by atoms with Crippen LogP contribution in [0.25, 0.3) is 0 Å². The van der Waals surface area contributed by atoms with Crippen LogP contribution < -0.4 is 5.32 Å². The molecule has 2 amide bonds. The second-order valence-electron chi connectivity index (χ2n) is 7.55. The van der Waals surface area contributed by atoms with E-state index in [0.717, 1.165) is 12.2 Å². The highest BCUT2D eigenvalue weighted by Gasteiger charge is 2.49. The van der Waals surface area contributed by atoms with Crippen molar-refractivity contribution < 1.29 is 18.4 Å². The highest BCUT2D eigenvalue weighted by Crippen LogP contribution is 2.43. The Balaban J connectivity index is 1.38. The van der Waals surface area contributed by atoms with Gasteiger partial charge in [-0.25, -0.2) is 8.78 Å². The molecule has 0 spiro atoms. The van der Waals surface area contributed by atoms with Crippen molar-refractivity contribution in [2.24, 2.45) is 11.8 Å². The van der Waals surface area contributed by atoms with E-state index in [0.29, 0.717) is 37.7 Å². The van der Waals surface area contributed by atoms with Crippen molar-refractivity contribution in [2.75, 3.05) is 19.6 Å². The van der Waals surface area contributed by atoms with E-state index >= 15 is 0 Å². The van der Waals surface area contributed by atoms with Crippen LogP contribution in [0.5, 0.6) is 0 Å². The molecule has 136 valence electrons. The van der Waals surface area contributed by atoms with Crippen LogP contribution in [0.15, 0.2) is 12.1 Å². The zero-order valence-electron chi connectivity index (χ0n) is 14.1. The van der Waals surface area contributed by atoms with Gasteiger partial charge >= 0.3 is 0 Å². The molecule has 2 aliphatic carbocycles. The number of amides is 2. The lowest BCUT2D eigenvalue weighted by Crippen LogP contribution is -2.47. The lowest BCUT2D eigenvalue weighted by molar-refractivity contribution is -0.159. The van der Waals surface area contributed by atoms with Crippen molar-refractivity contribution in [3.63, 3.8) is 0 Å². The van der Waals surface area contributed by atoms with Crippen LogP contribution in [0.1, 0.15) is 41.9 Å². The number of fused-ring (bicyclic) bond motifs is 1. The Morgan fingerprint density at radius 1 is 1.16 bits per heavy atom. The van der Waals surface area contributed by atoms with E-state index in [2.05, 4.69) is 5.32 Å². The van der Waals surface area contributed by atoms with E-state index in [1.54, 1.807) is 4.90 Å². The van der Waals surface area contributed by atoms with E-state index in [9.17, 15) is 18.4 Å². The fraction of sp³-hybridized carbons (Fsp3) is 0.667. The van der Waals surface area contributed by atoms with Gasteiger partial charge in [-0.05, 0) is 30.9 Å². The molecule has 0 aromatic carbocycles. The van der Waals surface area contributed by atoms with Gasteiger partial charge in [-0.2, -0.15) is 0 Å². The molecule has 4 rings (SSSR count). The minimum absolute atomic E-state index is 0.0726. The molecule has 1 aromatic rings. The summed E-state index contributed by atoms with van der Waals surface area (Å²) in [6.45, 7) is 2.24. The number of alkyl halides is 2. The van der Waals surface area contributed by atoms with Gasteiger partial charge in [0.25, 0.3) is 5.91 Å². The van der Waals surface area contributed by atoms with Crippen LogP contribution in [-0.2, 0) is 17.8 Å². The lowest BCUT2D eigenvalue weighted by atomic mass is 9.80. The molecule has 2 heterocycles. The molecule has 2 saturated carbocycles. The summed E-state index contributed by atoms with van der Waals surface area (Å²) in [4.78, 5) is 26.5. The van der Waals surface area contributed by atoms with Crippen molar-refractivity contribution in [1.82, 2.24) is 14.8 Å². The highest BCUT2D eigenvalue weighted by molar-refractivity contribution is 5.93. The predicted octanol–water partition coefficient (Wildman–Crippen LogP) is 2.06. The first-order valence-electron chi connectivity index (χ1n) is 9.06. The summed E-state index contributed by atoms with van der Waals surface area (Å²) >= 11 is 0. The quantitative estimate of drug-likeness (QED) is 0.903. The van der Waals surface area contributed by atoms with Crippen LogP contribution in [0, 0.1) is 11.8 Å². The number of carbonyl (C=O) groups is 2. The standard InChI is InChI=1S/C18H23F2N3O2/c19-18(20)9-13(10-18)17(25)22-6-5-14-3-4-15(23(14)8-7-22)16(24)21-11-12-1-2-12/h3-4,12-13H,1-2,5-11H2,(H,21,24). The van der Waals surface area contributed by atoms with Crippen molar-refractivity contribution in [2.45, 2.75) is 44.6 Å². The third-order valence-electron chi connectivity index (χ3n) is 5.53. The molecule has 3 aliphatic rings. The van der Waals surface area contributed by atoms with Crippen LogP contribution in [0.4, 0.5) is 8.78 Å². The SMILES string of the molecule is O=C(NCC1CC1)c1ccc2n1CCN(C(=O)C1CC(F)(F)C1)CC2. The van der Waals surface area contributed by atoms with E-state index in [1.807, 2.05) is 16.7 Å². The number of carbonyl (C=O) groups excluding carboxylic acids is 2. The third kappa shape index (κ3) is 3.41. The maximum Gasteiger partial charge on any atom is 0.267 e. The van der Waals surface area contributed by atoms with Crippen molar-refractivity contribution in [3.8, 4) is 0 Å². The van der Waals surface area contributed by atoms with Crippen LogP contribution in [-0.4, -0.2) is 46.8 Å². The third-order valence-corrected chi connectivity index (χ3v) is 5.53. The summed E-state index contributed by atoms with van der Waals surface area (Å²) in [5.74, 6) is -2.84. The first-order chi connectivity index (χ1) is 11.9. The normalized spacial score (nSPS) is 22.7. The largest absolute Gasteiger partial charge is 0.350 e. The van der Waals surface area contributed by atoms with Gasteiger partial charge in [-0.1, -0.05) is 0 Å². The van der Waals surface area contributed by atoms with Gasteiger partial charge in [0.05, 0.1) is 0 Å². The molecule has 0 atom stereocenters. The van der Waals surface area contributed by atoms with Crippen LogP contribution >= 0.6 is 0 Å². The van der Waals surface area contributed by atoms with Gasteiger partial charge < -0.3 is 14.8 Å². The highest BCUT2D eigenvalue weighted by atomic mass is 19.3. The molecule has 0 saturated heterocycles. The molecular formula is C18H23F2N3O2. The molecule has 0 bridgehead atoms. The Bertz CT molecular complexity index is 688. The average molecular weight is 351 g/mol. The Hall–Kier alpha value is -1.92. The zero-order chi connectivity index (χ0) is 17.6. The van der Waals surface area contributed by atoms with Gasteiger partial charge in [-0.15, -0.1) is 0 Å². The maximum absolute atomic E-state index is 13.0. The summed E-state index contributed by atoms with van der Waals surface area (Å²) in [6, 6.07) is 3.76. The Kier molecular flexibility index (Phi) is 4.04. The number of halogens is 2. The lowest BCUT2D eigenvalue weighted by Gasteiger charge is -2.36. The molecule has 0 radical (unpaired) electrons. The fourth-order valence-electron chi connectivity index (χ4n) is 3.74. The van der Waals surface area contributed by atoms with E-state index in [4.69, 9.17) is 0 Å². The second-order valence-corrected chi connectivity index (χ2v) is 7.55. The Morgan fingerprint density at radius 3 is 2.60 bits per heavy atom. The first kappa shape index (κ1) is 16.5. The summed E-state index contributed by atoms with van der Waals surface area (Å²) in [6.07, 6.45) is 2.35. The number of rotatable bonds is 4.